The fourth-order valence-corrected chi connectivity index (χ4v) is 8.81. The molecular formula is C28H37NO. The van der Waals surface area contributed by atoms with E-state index in [9.17, 15) is 5.11 Å². The highest BCUT2D eigenvalue weighted by atomic mass is 16.3. The number of rotatable bonds is 1. The number of nitrogens with zero attached hydrogens (tertiary/aromatic N) is 1. The van der Waals surface area contributed by atoms with Crippen molar-refractivity contribution in [2.24, 2.45) is 40.4 Å². The Kier molecular flexibility index (Phi) is 4.14. The number of hydrogen-bond donors (Lipinski definition) is 1. The maximum absolute atomic E-state index is 11.7. The summed E-state index contributed by atoms with van der Waals surface area (Å²) in [5.41, 5.74) is 3.17. The number of benzene rings is 1. The standard InChI is InChI=1S/C28H37NO/c1-18-12-14-27(2)20(16-18)8-9-21-22-10-11-25(28(22,3)17-24(30)26(21)27)29-15-13-19-6-4-5-7-23(19)29/h4-7,11,13,15,18,20-22,24,26,30H,8-10,12,14,16-17H2,1-3H3/t18-,20+,21?,22?,24?,26?,27-,28-/m0/s1. The molecule has 0 amide bonds. The van der Waals surface area contributed by atoms with Crippen molar-refractivity contribution in [1.29, 1.82) is 0 Å². The van der Waals surface area contributed by atoms with Crippen LogP contribution in [0.25, 0.3) is 16.6 Å². The fraction of sp³-hybridized carbons (Fsp3) is 0.643. The van der Waals surface area contributed by atoms with Crippen LogP contribution < -0.4 is 0 Å². The summed E-state index contributed by atoms with van der Waals surface area (Å²) in [5.74, 6) is 3.54. The Balaban J connectivity index is 1.37. The molecule has 6 rings (SSSR count). The largest absolute Gasteiger partial charge is 0.393 e. The zero-order valence-electron chi connectivity index (χ0n) is 18.8. The fourth-order valence-electron chi connectivity index (χ4n) is 8.81. The third-order valence-electron chi connectivity index (χ3n) is 10.3. The Bertz CT molecular complexity index is 1000. The second-order valence-electron chi connectivity index (χ2n) is 11.7. The second kappa shape index (κ2) is 6.48. The average molecular weight is 404 g/mol. The third-order valence-corrected chi connectivity index (χ3v) is 10.3. The lowest BCUT2D eigenvalue weighted by atomic mass is 9.44. The molecule has 4 aliphatic carbocycles. The molecule has 2 heteroatoms. The summed E-state index contributed by atoms with van der Waals surface area (Å²) >= 11 is 0. The summed E-state index contributed by atoms with van der Waals surface area (Å²) in [6.45, 7) is 7.45. The van der Waals surface area contributed by atoms with Gasteiger partial charge in [-0.25, -0.2) is 0 Å². The van der Waals surface area contributed by atoms with E-state index >= 15 is 0 Å². The van der Waals surface area contributed by atoms with E-state index in [-0.39, 0.29) is 11.5 Å². The Morgan fingerprint density at radius 2 is 1.90 bits per heavy atom. The molecule has 0 aliphatic heterocycles. The van der Waals surface area contributed by atoms with Crippen molar-refractivity contribution in [3.8, 4) is 0 Å². The molecule has 0 spiro atoms. The minimum atomic E-state index is -0.166. The van der Waals surface area contributed by atoms with Gasteiger partial charge in [-0.1, -0.05) is 51.5 Å². The predicted molar refractivity (Wildman–Crippen MR) is 124 cm³/mol. The van der Waals surface area contributed by atoms with Crippen molar-refractivity contribution < 1.29 is 5.11 Å². The monoisotopic (exact) mass is 403 g/mol. The molecular weight excluding hydrogens is 366 g/mol. The highest BCUT2D eigenvalue weighted by Crippen LogP contribution is 2.67. The topological polar surface area (TPSA) is 25.2 Å². The van der Waals surface area contributed by atoms with Gasteiger partial charge in [0.25, 0.3) is 0 Å². The van der Waals surface area contributed by atoms with Gasteiger partial charge in [-0.3, -0.25) is 0 Å². The summed E-state index contributed by atoms with van der Waals surface area (Å²) in [7, 11) is 0. The van der Waals surface area contributed by atoms with Gasteiger partial charge >= 0.3 is 0 Å². The summed E-state index contributed by atoms with van der Waals surface area (Å²) in [6.07, 6.45) is 13.5. The van der Waals surface area contributed by atoms with Gasteiger partial charge in [0.05, 0.1) is 11.6 Å². The first-order valence-electron chi connectivity index (χ1n) is 12.4. The van der Waals surface area contributed by atoms with Crippen molar-refractivity contribution in [3.05, 3.63) is 42.6 Å². The summed E-state index contributed by atoms with van der Waals surface area (Å²) in [5, 5.41) is 13.0. The summed E-state index contributed by atoms with van der Waals surface area (Å²) in [6, 6.07) is 11.0. The van der Waals surface area contributed by atoms with E-state index in [4.69, 9.17) is 0 Å². The number of hydrogen-bond acceptors (Lipinski definition) is 1. The van der Waals surface area contributed by atoms with Crippen LogP contribution in [-0.4, -0.2) is 15.8 Å². The Labute approximate surface area is 181 Å². The summed E-state index contributed by atoms with van der Waals surface area (Å²) in [4.78, 5) is 0. The van der Waals surface area contributed by atoms with Crippen molar-refractivity contribution in [2.75, 3.05) is 0 Å². The van der Waals surface area contributed by atoms with Crippen LogP contribution in [0.1, 0.15) is 65.7 Å². The quantitative estimate of drug-likeness (QED) is 0.560. The molecule has 2 aromatic rings. The zero-order valence-corrected chi connectivity index (χ0v) is 18.8. The first kappa shape index (κ1) is 19.2. The van der Waals surface area contributed by atoms with Crippen LogP contribution in [0.3, 0.4) is 0 Å². The second-order valence-corrected chi connectivity index (χ2v) is 11.7. The maximum Gasteiger partial charge on any atom is 0.0585 e. The summed E-state index contributed by atoms with van der Waals surface area (Å²) < 4.78 is 2.43. The molecule has 2 nitrogen and oxygen atoms in total. The van der Waals surface area contributed by atoms with Gasteiger partial charge < -0.3 is 9.67 Å². The Hall–Kier alpha value is -1.54. The van der Waals surface area contributed by atoms with Crippen molar-refractivity contribution in [2.45, 2.75) is 71.8 Å². The van der Waals surface area contributed by atoms with Gasteiger partial charge in [0.15, 0.2) is 0 Å². The Morgan fingerprint density at radius 1 is 1.07 bits per heavy atom. The lowest BCUT2D eigenvalue weighted by Crippen LogP contribution is -2.58. The highest BCUT2D eigenvalue weighted by Gasteiger charge is 2.61. The van der Waals surface area contributed by atoms with Gasteiger partial charge in [-0.15, -0.1) is 0 Å². The SMILES string of the molecule is C[C@H]1CC[C@]2(C)C3C(O)C[C@]4(C)C(n5ccc6ccccc65)=CCC4C3CC[C@@H]2C1. The van der Waals surface area contributed by atoms with Crippen LogP contribution in [0, 0.1) is 40.4 Å². The molecule has 4 unspecified atom stereocenters. The molecule has 3 saturated carbocycles. The van der Waals surface area contributed by atoms with E-state index in [0.29, 0.717) is 23.2 Å². The van der Waals surface area contributed by atoms with Crippen molar-refractivity contribution >= 4 is 16.6 Å². The van der Waals surface area contributed by atoms with Gasteiger partial charge in [0, 0.05) is 17.3 Å². The van der Waals surface area contributed by atoms with Crippen LogP contribution in [0.15, 0.2) is 42.6 Å². The molecule has 1 heterocycles. The van der Waals surface area contributed by atoms with Crippen LogP contribution in [0.4, 0.5) is 0 Å². The van der Waals surface area contributed by atoms with Crippen LogP contribution in [0.5, 0.6) is 0 Å². The molecule has 1 aromatic carbocycles. The molecule has 4 aliphatic rings. The molecule has 1 N–H and O–H groups in total. The molecule has 3 fully saturated rings. The van der Waals surface area contributed by atoms with E-state index in [0.717, 1.165) is 18.3 Å². The van der Waals surface area contributed by atoms with Gasteiger partial charge in [0.2, 0.25) is 0 Å². The van der Waals surface area contributed by atoms with E-state index < -0.39 is 0 Å². The minimum Gasteiger partial charge on any atom is -0.393 e. The van der Waals surface area contributed by atoms with Gasteiger partial charge in [-0.05, 0) is 91.0 Å². The van der Waals surface area contributed by atoms with Gasteiger partial charge in [-0.2, -0.15) is 0 Å². The molecule has 160 valence electrons. The van der Waals surface area contributed by atoms with E-state index in [1.165, 1.54) is 55.1 Å². The molecule has 30 heavy (non-hydrogen) atoms. The predicted octanol–water partition coefficient (Wildman–Crippen LogP) is 6.74. The molecule has 1 aromatic heterocycles. The number of allylic oxidation sites excluding steroid dienone is 2. The van der Waals surface area contributed by atoms with Crippen LogP contribution >= 0.6 is 0 Å². The van der Waals surface area contributed by atoms with Crippen molar-refractivity contribution in [1.82, 2.24) is 4.57 Å². The zero-order chi connectivity index (χ0) is 20.7. The van der Waals surface area contributed by atoms with E-state index in [1.807, 2.05) is 0 Å². The highest BCUT2D eigenvalue weighted by molar-refractivity contribution is 5.84. The molecule has 8 atom stereocenters. The van der Waals surface area contributed by atoms with Crippen LogP contribution in [-0.2, 0) is 0 Å². The molecule has 0 radical (unpaired) electrons. The normalized spacial score (nSPS) is 45.5. The first-order chi connectivity index (χ1) is 14.4. The third kappa shape index (κ3) is 2.46. The molecule has 0 bridgehead atoms. The minimum absolute atomic E-state index is 0.0769. The number of aromatic nitrogens is 1. The lowest BCUT2D eigenvalue weighted by Gasteiger charge is -2.62. The lowest BCUT2D eigenvalue weighted by molar-refractivity contribution is -0.160. The number of aliphatic hydroxyl groups is 1. The number of aliphatic hydroxyl groups excluding tert-OH is 1. The molecule has 0 saturated heterocycles. The first-order valence-corrected chi connectivity index (χ1v) is 12.4. The smallest absolute Gasteiger partial charge is 0.0585 e. The van der Waals surface area contributed by atoms with E-state index in [1.54, 1.807) is 0 Å². The average Bonchev–Trinajstić information content (AvgIpc) is 3.28. The maximum atomic E-state index is 11.7. The Morgan fingerprint density at radius 3 is 2.77 bits per heavy atom. The van der Waals surface area contributed by atoms with Crippen LogP contribution in [0.2, 0.25) is 0 Å². The van der Waals surface area contributed by atoms with Gasteiger partial charge in [0.1, 0.15) is 0 Å². The number of fused-ring (bicyclic) bond motifs is 6. The van der Waals surface area contributed by atoms with Crippen molar-refractivity contribution in [3.63, 3.8) is 0 Å². The van der Waals surface area contributed by atoms with E-state index in [2.05, 4.69) is 67.9 Å². The number of para-hydroxylation sites is 1.